The van der Waals surface area contributed by atoms with Gasteiger partial charge in [0.2, 0.25) is 11.7 Å². The van der Waals surface area contributed by atoms with Gasteiger partial charge in [-0.2, -0.15) is 0 Å². The molecule has 0 bridgehead atoms. The van der Waals surface area contributed by atoms with Crippen molar-refractivity contribution in [3.05, 3.63) is 78.1 Å². The zero-order valence-electron chi connectivity index (χ0n) is 16.9. The zero-order valence-corrected chi connectivity index (χ0v) is 16.9. The summed E-state index contributed by atoms with van der Waals surface area (Å²) in [6.07, 6.45) is 2.91. The molecule has 9 nitrogen and oxygen atoms in total. The molecule has 1 fully saturated rings. The van der Waals surface area contributed by atoms with E-state index in [0.29, 0.717) is 5.76 Å². The van der Waals surface area contributed by atoms with E-state index >= 15 is 0 Å². The van der Waals surface area contributed by atoms with Crippen molar-refractivity contribution in [3.8, 4) is 5.75 Å². The molecule has 0 radical (unpaired) electrons. The van der Waals surface area contributed by atoms with Gasteiger partial charge in [0.15, 0.2) is 12.4 Å². The van der Waals surface area contributed by atoms with Crippen LogP contribution >= 0.6 is 0 Å². The minimum Gasteiger partial charge on any atom is -0.467 e. The molecule has 0 aliphatic carbocycles. The molecule has 0 spiro atoms. The summed E-state index contributed by atoms with van der Waals surface area (Å²) < 4.78 is 20.5. The largest absolute Gasteiger partial charge is 0.467 e. The van der Waals surface area contributed by atoms with Crippen molar-refractivity contribution in [2.45, 2.75) is 13.0 Å². The SMILES string of the molecule is O=C(COC(=O)[C@@H]1CC(=O)N(Cc2ccco2)C1)c1ccc(OC(=O)c2ccco2)cc1. The van der Waals surface area contributed by atoms with Crippen LogP contribution in [0.5, 0.6) is 5.75 Å². The highest BCUT2D eigenvalue weighted by atomic mass is 16.5. The van der Waals surface area contributed by atoms with Gasteiger partial charge in [0, 0.05) is 18.5 Å². The average Bonchev–Trinajstić information content (AvgIpc) is 3.56. The maximum Gasteiger partial charge on any atom is 0.379 e. The third kappa shape index (κ3) is 4.94. The second-order valence-corrected chi connectivity index (χ2v) is 7.18. The number of amides is 1. The first kappa shape index (κ1) is 21.1. The molecule has 9 heteroatoms. The standard InChI is InChI=1S/C23H19NO8/c25-19(15-5-7-17(8-6-15)32-23(28)20-4-2-10-30-20)14-31-22(27)16-11-21(26)24(12-16)13-18-3-1-9-29-18/h1-10,16H,11-14H2/t16-/m1/s1. The van der Waals surface area contributed by atoms with Crippen LogP contribution < -0.4 is 4.74 Å². The summed E-state index contributed by atoms with van der Waals surface area (Å²) in [7, 11) is 0. The molecule has 1 amide bonds. The number of likely N-dealkylation sites (tertiary alicyclic amines) is 1. The minimum atomic E-state index is -0.657. The van der Waals surface area contributed by atoms with Crippen molar-refractivity contribution in [3.63, 3.8) is 0 Å². The lowest BCUT2D eigenvalue weighted by Gasteiger charge is -2.14. The van der Waals surface area contributed by atoms with Crippen LogP contribution in [-0.4, -0.2) is 41.7 Å². The Labute approximate surface area is 182 Å². The number of furan rings is 2. The Hall–Kier alpha value is -4.14. The van der Waals surface area contributed by atoms with Crippen molar-refractivity contribution in [1.29, 1.82) is 0 Å². The van der Waals surface area contributed by atoms with Crippen LogP contribution in [0.25, 0.3) is 0 Å². The summed E-state index contributed by atoms with van der Waals surface area (Å²) in [6.45, 7) is 0.0426. The summed E-state index contributed by atoms with van der Waals surface area (Å²) in [4.78, 5) is 50.2. The molecule has 1 aliphatic rings. The molecule has 2 aromatic heterocycles. The summed E-state index contributed by atoms with van der Waals surface area (Å²) in [5.41, 5.74) is 0.289. The van der Waals surface area contributed by atoms with E-state index in [-0.39, 0.29) is 42.5 Å². The Kier molecular flexibility index (Phi) is 6.16. The van der Waals surface area contributed by atoms with Crippen LogP contribution in [0.15, 0.2) is 69.9 Å². The van der Waals surface area contributed by atoms with E-state index in [1.165, 1.54) is 47.8 Å². The van der Waals surface area contributed by atoms with Gasteiger partial charge in [0.25, 0.3) is 0 Å². The molecule has 1 aliphatic heterocycles. The highest BCUT2D eigenvalue weighted by Crippen LogP contribution is 2.22. The van der Waals surface area contributed by atoms with Gasteiger partial charge in [-0.25, -0.2) is 4.79 Å². The van der Waals surface area contributed by atoms with Crippen LogP contribution in [0, 0.1) is 5.92 Å². The second kappa shape index (κ2) is 9.34. The predicted molar refractivity (Wildman–Crippen MR) is 108 cm³/mol. The quantitative estimate of drug-likeness (QED) is 0.300. The first-order valence-electron chi connectivity index (χ1n) is 9.85. The van der Waals surface area contributed by atoms with E-state index in [2.05, 4.69) is 0 Å². The normalized spacial score (nSPS) is 15.6. The Morgan fingerprint density at radius 2 is 1.75 bits per heavy atom. The van der Waals surface area contributed by atoms with Crippen LogP contribution in [0.1, 0.15) is 33.1 Å². The number of hydrogen-bond donors (Lipinski definition) is 0. The van der Waals surface area contributed by atoms with Gasteiger partial charge in [-0.15, -0.1) is 0 Å². The van der Waals surface area contributed by atoms with Crippen molar-refractivity contribution in [1.82, 2.24) is 4.90 Å². The van der Waals surface area contributed by atoms with Crippen molar-refractivity contribution in [2.75, 3.05) is 13.2 Å². The molecular formula is C23H19NO8. The molecule has 1 atom stereocenters. The van der Waals surface area contributed by atoms with Gasteiger partial charge in [-0.05, 0) is 48.5 Å². The molecule has 0 saturated carbocycles. The number of rotatable bonds is 8. The second-order valence-electron chi connectivity index (χ2n) is 7.18. The Balaban J connectivity index is 1.25. The number of ketones is 1. The molecule has 3 aromatic rings. The number of benzene rings is 1. The number of ether oxygens (including phenoxy) is 2. The molecular weight excluding hydrogens is 418 g/mol. The van der Waals surface area contributed by atoms with Gasteiger partial charge < -0.3 is 23.2 Å². The third-order valence-electron chi connectivity index (χ3n) is 4.93. The first-order valence-corrected chi connectivity index (χ1v) is 9.85. The number of hydrogen-bond acceptors (Lipinski definition) is 8. The number of carbonyl (C=O) groups is 4. The van der Waals surface area contributed by atoms with Crippen LogP contribution in [-0.2, 0) is 20.9 Å². The van der Waals surface area contributed by atoms with Crippen LogP contribution in [0.3, 0.4) is 0 Å². The summed E-state index contributed by atoms with van der Waals surface area (Å²) in [6, 6.07) is 12.4. The van der Waals surface area contributed by atoms with E-state index in [9.17, 15) is 19.2 Å². The van der Waals surface area contributed by atoms with Gasteiger partial charge >= 0.3 is 11.9 Å². The van der Waals surface area contributed by atoms with Crippen molar-refractivity contribution in [2.24, 2.45) is 5.92 Å². The van der Waals surface area contributed by atoms with E-state index in [1.807, 2.05) is 0 Å². The lowest BCUT2D eigenvalue weighted by molar-refractivity contribution is -0.147. The monoisotopic (exact) mass is 437 g/mol. The van der Waals surface area contributed by atoms with Crippen molar-refractivity contribution < 1.29 is 37.5 Å². The number of Topliss-reactive ketones (excluding diaryl/α,β-unsaturated/α-hetero) is 1. The number of nitrogens with zero attached hydrogens (tertiary/aromatic N) is 1. The van der Waals surface area contributed by atoms with Gasteiger partial charge in [-0.3, -0.25) is 14.4 Å². The maximum atomic E-state index is 12.3. The summed E-state index contributed by atoms with van der Waals surface area (Å²) >= 11 is 0. The lowest BCUT2D eigenvalue weighted by Crippen LogP contribution is -2.27. The Morgan fingerprint density at radius 1 is 1.00 bits per heavy atom. The first-order chi connectivity index (χ1) is 15.5. The molecule has 3 heterocycles. The summed E-state index contributed by atoms with van der Waals surface area (Å²) in [5.74, 6) is -1.55. The minimum absolute atomic E-state index is 0.0312. The lowest BCUT2D eigenvalue weighted by atomic mass is 10.1. The highest BCUT2D eigenvalue weighted by Gasteiger charge is 2.36. The van der Waals surface area contributed by atoms with E-state index in [0.717, 1.165) is 0 Å². The van der Waals surface area contributed by atoms with Crippen molar-refractivity contribution >= 4 is 23.6 Å². The van der Waals surface area contributed by atoms with Gasteiger partial charge in [-0.1, -0.05) is 0 Å². The summed E-state index contributed by atoms with van der Waals surface area (Å²) in [5, 5.41) is 0. The molecule has 0 N–H and O–H groups in total. The molecule has 4 rings (SSSR count). The topological polar surface area (TPSA) is 116 Å². The third-order valence-corrected chi connectivity index (χ3v) is 4.93. The number of carbonyl (C=O) groups excluding carboxylic acids is 4. The van der Waals surface area contributed by atoms with Crippen LogP contribution in [0.4, 0.5) is 0 Å². The van der Waals surface area contributed by atoms with E-state index in [1.54, 1.807) is 18.2 Å². The molecule has 32 heavy (non-hydrogen) atoms. The Bertz CT molecular complexity index is 1100. The molecule has 0 unspecified atom stereocenters. The van der Waals surface area contributed by atoms with E-state index in [4.69, 9.17) is 18.3 Å². The fraction of sp³-hybridized carbons (Fsp3) is 0.217. The predicted octanol–water partition coefficient (Wildman–Crippen LogP) is 2.87. The van der Waals surface area contributed by atoms with Gasteiger partial charge in [0.1, 0.15) is 11.5 Å². The highest BCUT2D eigenvalue weighted by molar-refractivity contribution is 5.98. The molecule has 1 saturated heterocycles. The molecule has 1 aromatic carbocycles. The maximum absolute atomic E-state index is 12.3. The smallest absolute Gasteiger partial charge is 0.379 e. The zero-order chi connectivity index (χ0) is 22.5. The van der Waals surface area contributed by atoms with E-state index < -0.39 is 30.2 Å². The Morgan fingerprint density at radius 3 is 2.44 bits per heavy atom. The average molecular weight is 437 g/mol. The number of esters is 2. The molecule has 164 valence electrons. The fourth-order valence-electron chi connectivity index (χ4n) is 3.27. The van der Waals surface area contributed by atoms with Gasteiger partial charge in [0.05, 0.1) is 25.0 Å². The van der Waals surface area contributed by atoms with Crippen LogP contribution in [0.2, 0.25) is 0 Å². The fourth-order valence-corrected chi connectivity index (χ4v) is 3.27.